The molecule has 1 unspecified atom stereocenters. The summed E-state index contributed by atoms with van der Waals surface area (Å²) >= 11 is 0. The zero-order valence-corrected chi connectivity index (χ0v) is 7.66. The Morgan fingerprint density at radius 3 is 2.77 bits per heavy atom. The van der Waals surface area contributed by atoms with Gasteiger partial charge >= 0.3 is 5.97 Å². The second-order valence-electron chi connectivity index (χ2n) is 4.23. The summed E-state index contributed by atoms with van der Waals surface area (Å²) in [6.45, 7) is 4.31. The highest BCUT2D eigenvalue weighted by Gasteiger charge is 2.48. The summed E-state index contributed by atoms with van der Waals surface area (Å²) in [6, 6.07) is 0. The van der Waals surface area contributed by atoms with E-state index in [2.05, 4.69) is 23.8 Å². The Labute approximate surface area is 76.0 Å². The Morgan fingerprint density at radius 1 is 1.77 bits per heavy atom. The summed E-state index contributed by atoms with van der Waals surface area (Å²) in [6.07, 6.45) is 2.46. The van der Waals surface area contributed by atoms with Crippen molar-refractivity contribution in [3.8, 4) is 0 Å². The molecule has 2 rings (SSSR count). The highest BCUT2D eigenvalue weighted by molar-refractivity contribution is 5.85. The minimum absolute atomic E-state index is 0.178. The number of hydrogen-bond acceptors (Lipinski definition) is 2. The number of aromatic amines is 1. The quantitative estimate of drug-likeness (QED) is 0.726. The van der Waals surface area contributed by atoms with Crippen LogP contribution in [-0.2, 0) is 0 Å². The number of nitrogens with one attached hydrogen (secondary N) is 1. The molecular weight excluding hydrogens is 168 g/mol. The van der Waals surface area contributed by atoms with E-state index in [9.17, 15) is 4.79 Å². The molecule has 0 amide bonds. The number of carboxylic acids is 1. The van der Waals surface area contributed by atoms with Crippen molar-refractivity contribution >= 4 is 5.97 Å². The van der Waals surface area contributed by atoms with Crippen LogP contribution in [0.2, 0.25) is 0 Å². The molecule has 1 aromatic rings. The fourth-order valence-corrected chi connectivity index (χ4v) is 1.56. The third-order valence-electron chi connectivity index (χ3n) is 2.67. The molecule has 70 valence electrons. The van der Waals surface area contributed by atoms with Crippen LogP contribution in [0.1, 0.15) is 42.5 Å². The van der Waals surface area contributed by atoms with Crippen molar-refractivity contribution in [2.24, 2.45) is 5.41 Å². The van der Waals surface area contributed by atoms with Crippen molar-refractivity contribution in [2.75, 3.05) is 0 Å². The predicted molar refractivity (Wildman–Crippen MR) is 46.7 cm³/mol. The van der Waals surface area contributed by atoms with Gasteiger partial charge in [-0.2, -0.15) is 0 Å². The lowest BCUT2D eigenvalue weighted by Gasteiger charge is -1.98. The van der Waals surface area contributed by atoms with E-state index in [4.69, 9.17) is 5.11 Å². The molecule has 0 aromatic carbocycles. The van der Waals surface area contributed by atoms with Gasteiger partial charge in [-0.3, -0.25) is 0 Å². The van der Waals surface area contributed by atoms with Crippen molar-refractivity contribution in [3.05, 3.63) is 17.7 Å². The van der Waals surface area contributed by atoms with Gasteiger partial charge in [-0.15, -0.1) is 0 Å². The summed E-state index contributed by atoms with van der Waals surface area (Å²) in [5.74, 6) is 0.264. The molecular formula is C9H12N2O2. The molecule has 1 atom stereocenters. The highest BCUT2D eigenvalue weighted by atomic mass is 16.4. The van der Waals surface area contributed by atoms with Crippen LogP contribution in [0.4, 0.5) is 0 Å². The van der Waals surface area contributed by atoms with Crippen molar-refractivity contribution in [2.45, 2.75) is 26.2 Å². The zero-order valence-electron chi connectivity index (χ0n) is 7.66. The Kier molecular flexibility index (Phi) is 1.49. The predicted octanol–water partition coefficient (Wildman–Crippen LogP) is 1.62. The van der Waals surface area contributed by atoms with Crippen molar-refractivity contribution in [1.29, 1.82) is 0 Å². The lowest BCUT2D eigenvalue weighted by Crippen LogP contribution is -1.97. The number of nitrogens with zero attached hydrogens (tertiary/aromatic N) is 1. The number of carbonyl (C=O) groups is 1. The van der Waals surface area contributed by atoms with Crippen LogP contribution >= 0.6 is 0 Å². The number of aromatic nitrogens is 2. The third-order valence-corrected chi connectivity index (χ3v) is 2.67. The molecule has 1 saturated carbocycles. The van der Waals surface area contributed by atoms with Gasteiger partial charge < -0.3 is 10.1 Å². The van der Waals surface area contributed by atoms with Gasteiger partial charge in [-0.25, -0.2) is 9.78 Å². The minimum Gasteiger partial charge on any atom is -0.477 e. The smallest absolute Gasteiger partial charge is 0.353 e. The topological polar surface area (TPSA) is 66.0 Å². The van der Waals surface area contributed by atoms with Gasteiger partial charge in [0.15, 0.2) is 0 Å². The average Bonchev–Trinajstić information content (AvgIpc) is 2.50. The molecule has 1 fully saturated rings. The van der Waals surface area contributed by atoms with Gasteiger partial charge in [0.1, 0.15) is 11.5 Å². The van der Waals surface area contributed by atoms with Gasteiger partial charge in [0.05, 0.1) is 6.20 Å². The molecule has 1 heterocycles. The van der Waals surface area contributed by atoms with E-state index < -0.39 is 5.97 Å². The summed E-state index contributed by atoms with van der Waals surface area (Å²) in [5.41, 5.74) is 0.464. The van der Waals surface area contributed by atoms with E-state index >= 15 is 0 Å². The Morgan fingerprint density at radius 2 is 2.38 bits per heavy atom. The molecule has 0 saturated heterocycles. The fraction of sp³-hybridized carbons (Fsp3) is 0.556. The number of imidazole rings is 1. The van der Waals surface area contributed by atoms with Crippen LogP contribution < -0.4 is 0 Å². The summed E-state index contributed by atoms with van der Waals surface area (Å²) in [5, 5.41) is 8.66. The molecule has 0 radical (unpaired) electrons. The summed E-state index contributed by atoms with van der Waals surface area (Å²) in [4.78, 5) is 17.4. The third kappa shape index (κ3) is 1.32. The second kappa shape index (κ2) is 2.34. The normalized spacial score (nSPS) is 24.3. The number of hydrogen-bond donors (Lipinski definition) is 2. The van der Waals surface area contributed by atoms with Crippen LogP contribution in [0.5, 0.6) is 0 Å². The van der Waals surface area contributed by atoms with Crippen molar-refractivity contribution in [1.82, 2.24) is 9.97 Å². The molecule has 4 heteroatoms. The maximum absolute atomic E-state index is 10.5. The first-order valence-electron chi connectivity index (χ1n) is 4.29. The Balaban J connectivity index is 2.20. The van der Waals surface area contributed by atoms with Crippen LogP contribution in [0.15, 0.2) is 6.20 Å². The van der Waals surface area contributed by atoms with Crippen molar-refractivity contribution < 1.29 is 9.90 Å². The monoisotopic (exact) mass is 180 g/mol. The standard InChI is InChI=1S/C9H12N2O2/c1-9(2)3-5(9)7-10-4-6(11-7)8(12)13/h4-5H,3H2,1-2H3,(H,10,11)(H,12,13). The zero-order chi connectivity index (χ0) is 9.64. The van der Waals surface area contributed by atoms with Gasteiger partial charge in [0, 0.05) is 5.92 Å². The second-order valence-corrected chi connectivity index (χ2v) is 4.23. The van der Waals surface area contributed by atoms with Gasteiger partial charge in [0.2, 0.25) is 0 Å². The molecule has 4 nitrogen and oxygen atoms in total. The summed E-state index contributed by atoms with van der Waals surface area (Å²) in [7, 11) is 0. The Bertz CT molecular complexity index is 354. The molecule has 0 aliphatic heterocycles. The van der Waals surface area contributed by atoms with E-state index in [-0.39, 0.29) is 11.1 Å². The van der Waals surface area contributed by atoms with E-state index in [1.165, 1.54) is 6.20 Å². The largest absolute Gasteiger partial charge is 0.477 e. The number of carboxylic acid groups (broad SMARTS) is 1. The molecule has 0 spiro atoms. The van der Waals surface area contributed by atoms with E-state index in [1.807, 2.05) is 0 Å². The first-order chi connectivity index (χ1) is 6.00. The lowest BCUT2D eigenvalue weighted by molar-refractivity contribution is 0.0691. The van der Waals surface area contributed by atoms with Gasteiger partial charge in [0.25, 0.3) is 0 Å². The van der Waals surface area contributed by atoms with Gasteiger partial charge in [-0.1, -0.05) is 13.8 Å². The highest BCUT2D eigenvalue weighted by Crippen LogP contribution is 2.57. The first kappa shape index (κ1) is 8.29. The van der Waals surface area contributed by atoms with Crippen molar-refractivity contribution in [3.63, 3.8) is 0 Å². The lowest BCUT2D eigenvalue weighted by atomic mass is 10.1. The van der Waals surface area contributed by atoms with Crippen LogP contribution in [-0.4, -0.2) is 21.0 Å². The molecule has 1 aromatic heterocycles. The number of aromatic carboxylic acids is 1. The maximum Gasteiger partial charge on any atom is 0.353 e. The number of rotatable bonds is 2. The van der Waals surface area contributed by atoms with Crippen LogP contribution in [0.3, 0.4) is 0 Å². The van der Waals surface area contributed by atoms with Crippen LogP contribution in [0, 0.1) is 5.41 Å². The number of H-pyrrole nitrogens is 1. The van der Waals surface area contributed by atoms with E-state index in [0.717, 1.165) is 12.2 Å². The summed E-state index contributed by atoms with van der Waals surface area (Å²) < 4.78 is 0. The molecule has 2 N–H and O–H groups in total. The van der Waals surface area contributed by atoms with E-state index in [1.54, 1.807) is 0 Å². The molecule has 13 heavy (non-hydrogen) atoms. The average molecular weight is 180 g/mol. The maximum atomic E-state index is 10.5. The molecule has 1 aliphatic carbocycles. The Hall–Kier alpha value is -1.32. The SMILES string of the molecule is CC1(C)CC1c1ncc(C(=O)O)[nH]1. The minimum atomic E-state index is -0.947. The molecule has 0 bridgehead atoms. The van der Waals surface area contributed by atoms with E-state index in [0.29, 0.717) is 5.92 Å². The van der Waals surface area contributed by atoms with Gasteiger partial charge in [-0.05, 0) is 11.8 Å². The first-order valence-corrected chi connectivity index (χ1v) is 4.29. The molecule has 1 aliphatic rings. The fourth-order valence-electron chi connectivity index (χ4n) is 1.56. The van der Waals surface area contributed by atoms with Crippen LogP contribution in [0.25, 0.3) is 0 Å².